The number of rotatable bonds is 13. The van der Waals surface area contributed by atoms with Crippen LogP contribution in [0.5, 0.6) is 5.75 Å². The third-order valence-electron chi connectivity index (χ3n) is 5.29. The molecule has 0 aliphatic rings. The first kappa shape index (κ1) is 25.0. The maximum atomic E-state index is 12.4. The Morgan fingerprint density at radius 2 is 1.85 bits per heavy atom. The molecular formula is C25H35N7O2. The van der Waals surface area contributed by atoms with Gasteiger partial charge in [-0.2, -0.15) is 4.80 Å². The van der Waals surface area contributed by atoms with Crippen LogP contribution in [0.15, 0.2) is 48.5 Å². The number of anilines is 2. The van der Waals surface area contributed by atoms with Crippen LogP contribution in [0.2, 0.25) is 0 Å². The number of hydrogen-bond donors (Lipinski definition) is 2. The van der Waals surface area contributed by atoms with Gasteiger partial charge in [-0.1, -0.05) is 56.2 Å². The van der Waals surface area contributed by atoms with E-state index in [1.54, 1.807) is 4.80 Å². The van der Waals surface area contributed by atoms with Gasteiger partial charge >= 0.3 is 6.03 Å². The van der Waals surface area contributed by atoms with Crippen molar-refractivity contribution in [1.82, 2.24) is 25.5 Å². The van der Waals surface area contributed by atoms with Crippen molar-refractivity contribution >= 4 is 17.4 Å². The number of nitrogens with one attached hydrogen (secondary N) is 2. The zero-order valence-corrected chi connectivity index (χ0v) is 20.3. The number of amides is 2. The summed E-state index contributed by atoms with van der Waals surface area (Å²) in [5, 5.41) is 18.6. The number of hydrogen-bond acceptors (Lipinski definition) is 6. The first-order valence-corrected chi connectivity index (χ1v) is 11.9. The highest BCUT2D eigenvalue weighted by atomic mass is 16.5. The van der Waals surface area contributed by atoms with Gasteiger partial charge in [-0.15, -0.1) is 10.2 Å². The fourth-order valence-electron chi connectivity index (χ4n) is 3.45. The van der Waals surface area contributed by atoms with Crippen molar-refractivity contribution in [1.29, 1.82) is 0 Å². The summed E-state index contributed by atoms with van der Waals surface area (Å²) in [6.45, 7) is 3.97. The molecule has 2 aromatic carbocycles. The maximum Gasteiger partial charge on any atom is 0.319 e. The Morgan fingerprint density at radius 1 is 1.03 bits per heavy atom. The second-order valence-corrected chi connectivity index (χ2v) is 8.26. The Labute approximate surface area is 201 Å². The minimum absolute atomic E-state index is 0.221. The molecule has 0 spiro atoms. The summed E-state index contributed by atoms with van der Waals surface area (Å²) in [4.78, 5) is 16.0. The molecule has 3 aromatic rings. The van der Waals surface area contributed by atoms with Crippen molar-refractivity contribution < 1.29 is 9.53 Å². The van der Waals surface area contributed by atoms with Crippen molar-refractivity contribution in [2.24, 2.45) is 0 Å². The third-order valence-corrected chi connectivity index (χ3v) is 5.29. The summed E-state index contributed by atoms with van der Waals surface area (Å²) < 4.78 is 6.05. The zero-order chi connectivity index (χ0) is 24.2. The van der Waals surface area contributed by atoms with Gasteiger partial charge in [-0.25, -0.2) is 4.79 Å². The Bertz CT molecular complexity index is 1020. The molecule has 9 heteroatoms. The maximum absolute atomic E-state index is 12.4. The van der Waals surface area contributed by atoms with E-state index in [9.17, 15) is 4.79 Å². The van der Waals surface area contributed by atoms with E-state index >= 15 is 0 Å². The second-order valence-electron chi connectivity index (χ2n) is 8.26. The Morgan fingerprint density at radius 3 is 2.62 bits per heavy atom. The highest BCUT2D eigenvalue weighted by Crippen LogP contribution is 2.34. The van der Waals surface area contributed by atoms with Crippen LogP contribution in [0.4, 0.5) is 16.2 Å². The van der Waals surface area contributed by atoms with E-state index in [-0.39, 0.29) is 6.03 Å². The summed E-state index contributed by atoms with van der Waals surface area (Å²) in [6.07, 6.45) is 4.85. The summed E-state index contributed by atoms with van der Waals surface area (Å²) in [6, 6.07) is 15.4. The first-order chi connectivity index (χ1) is 16.6. The molecule has 0 aliphatic heterocycles. The van der Waals surface area contributed by atoms with E-state index in [0.717, 1.165) is 43.4 Å². The van der Waals surface area contributed by atoms with E-state index in [1.807, 2.05) is 67.5 Å². The van der Waals surface area contributed by atoms with Crippen molar-refractivity contribution in [3.63, 3.8) is 0 Å². The molecule has 0 bridgehead atoms. The number of nitrogens with zero attached hydrogens (tertiary/aromatic N) is 5. The van der Waals surface area contributed by atoms with Crippen molar-refractivity contribution in [2.45, 2.75) is 45.6 Å². The SMILES string of the molecule is CCCCCNC(=O)Nc1c(OCCCCn2nnc(-c3ccccc3)n2)cccc1N(C)C. The normalized spacial score (nSPS) is 10.7. The smallest absolute Gasteiger partial charge is 0.319 e. The summed E-state index contributed by atoms with van der Waals surface area (Å²) in [5.41, 5.74) is 2.51. The van der Waals surface area contributed by atoms with Crippen LogP contribution in [-0.4, -0.2) is 53.5 Å². The number of urea groups is 1. The molecule has 0 aliphatic carbocycles. The predicted octanol–water partition coefficient (Wildman–Crippen LogP) is 4.58. The Balaban J connectivity index is 1.50. The Kier molecular flexibility index (Phi) is 9.69. The number of benzene rings is 2. The van der Waals surface area contributed by atoms with Crippen LogP contribution in [-0.2, 0) is 6.54 Å². The average Bonchev–Trinajstić information content (AvgIpc) is 3.32. The van der Waals surface area contributed by atoms with E-state index in [0.29, 0.717) is 37.0 Å². The third kappa shape index (κ3) is 7.47. The highest BCUT2D eigenvalue weighted by Gasteiger charge is 2.14. The van der Waals surface area contributed by atoms with E-state index in [4.69, 9.17) is 4.74 Å². The molecule has 1 heterocycles. The van der Waals surface area contributed by atoms with Crippen LogP contribution in [0.1, 0.15) is 39.0 Å². The summed E-state index contributed by atoms with van der Waals surface area (Å²) in [5.74, 6) is 1.28. The van der Waals surface area contributed by atoms with Crippen molar-refractivity contribution in [3.8, 4) is 17.1 Å². The lowest BCUT2D eigenvalue weighted by molar-refractivity contribution is 0.251. The van der Waals surface area contributed by atoms with Crippen molar-refractivity contribution in [3.05, 3.63) is 48.5 Å². The van der Waals surface area contributed by atoms with Gasteiger partial charge in [0, 0.05) is 26.2 Å². The molecule has 0 radical (unpaired) electrons. The minimum atomic E-state index is -0.221. The van der Waals surface area contributed by atoms with E-state index in [1.165, 1.54) is 0 Å². The summed E-state index contributed by atoms with van der Waals surface area (Å²) >= 11 is 0. The molecule has 2 amide bonds. The number of carbonyl (C=O) groups excluding carboxylic acids is 1. The van der Waals surface area contributed by atoms with Gasteiger partial charge in [0.15, 0.2) is 0 Å². The topological polar surface area (TPSA) is 97.2 Å². The molecule has 0 fully saturated rings. The van der Waals surface area contributed by atoms with Crippen LogP contribution in [0, 0.1) is 0 Å². The number of tetrazole rings is 1. The van der Waals surface area contributed by atoms with Gasteiger partial charge < -0.3 is 20.3 Å². The number of carbonyl (C=O) groups is 1. The number of aryl methyl sites for hydroxylation is 1. The Hall–Kier alpha value is -3.62. The molecule has 1 aromatic heterocycles. The van der Waals surface area contributed by atoms with E-state index < -0.39 is 0 Å². The van der Waals surface area contributed by atoms with Crippen LogP contribution in [0.25, 0.3) is 11.4 Å². The standard InChI is InChI=1S/C25H35N7O2/c1-4-5-9-17-26-25(33)27-23-21(31(2)3)15-12-16-22(23)34-19-11-10-18-32-29-24(28-30-32)20-13-7-6-8-14-20/h6-8,12-16H,4-5,9-11,17-19H2,1-3H3,(H2,26,27,33). The number of ether oxygens (including phenoxy) is 1. The van der Waals surface area contributed by atoms with Gasteiger partial charge in [0.05, 0.1) is 18.8 Å². The van der Waals surface area contributed by atoms with Crippen molar-refractivity contribution in [2.75, 3.05) is 37.5 Å². The molecule has 0 saturated heterocycles. The van der Waals surface area contributed by atoms with Crippen LogP contribution < -0.4 is 20.3 Å². The van der Waals surface area contributed by atoms with Gasteiger partial charge in [-0.3, -0.25) is 0 Å². The molecule has 2 N–H and O–H groups in total. The number of aromatic nitrogens is 4. The minimum Gasteiger partial charge on any atom is -0.491 e. The van der Waals surface area contributed by atoms with Gasteiger partial charge in [-0.05, 0) is 36.6 Å². The monoisotopic (exact) mass is 465 g/mol. The first-order valence-electron chi connectivity index (χ1n) is 11.9. The average molecular weight is 466 g/mol. The van der Waals surface area contributed by atoms with Gasteiger partial charge in [0.1, 0.15) is 11.4 Å². The molecular weight excluding hydrogens is 430 g/mol. The molecule has 34 heavy (non-hydrogen) atoms. The van der Waals surface area contributed by atoms with Gasteiger partial charge in [0.2, 0.25) is 5.82 Å². The predicted molar refractivity (Wildman–Crippen MR) is 135 cm³/mol. The van der Waals surface area contributed by atoms with E-state index in [2.05, 4.69) is 33.0 Å². The fourth-order valence-corrected chi connectivity index (χ4v) is 3.45. The summed E-state index contributed by atoms with van der Waals surface area (Å²) in [7, 11) is 3.89. The number of unbranched alkanes of at least 4 members (excludes halogenated alkanes) is 3. The largest absolute Gasteiger partial charge is 0.491 e. The molecule has 0 atom stereocenters. The lowest BCUT2D eigenvalue weighted by Gasteiger charge is -2.21. The molecule has 3 rings (SSSR count). The fraction of sp³-hybridized carbons (Fsp3) is 0.440. The molecule has 0 saturated carbocycles. The van der Waals surface area contributed by atoms with Gasteiger partial charge in [0.25, 0.3) is 0 Å². The van der Waals surface area contributed by atoms with Crippen LogP contribution >= 0.6 is 0 Å². The zero-order valence-electron chi connectivity index (χ0n) is 20.3. The quantitative estimate of drug-likeness (QED) is 0.359. The highest BCUT2D eigenvalue weighted by molar-refractivity contribution is 5.95. The molecule has 0 unspecified atom stereocenters. The molecule has 182 valence electrons. The lowest BCUT2D eigenvalue weighted by Crippen LogP contribution is -2.30. The second kappa shape index (κ2) is 13.2. The van der Waals surface area contributed by atoms with Crippen LogP contribution in [0.3, 0.4) is 0 Å². The number of para-hydroxylation sites is 1. The molecule has 9 nitrogen and oxygen atoms in total. The lowest BCUT2D eigenvalue weighted by atomic mass is 10.2.